The maximum atomic E-state index is 11.2. The summed E-state index contributed by atoms with van der Waals surface area (Å²) in [6.45, 7) is 1.09. The van der Waals surface area contributed by atoms with Crippen molar-refractivity contribution in [2.75, 3.05) is 0 Å². The number of carbonyl (C=O) groups is 1. The van der Waals surface area contributed by atoms with E-state index in [-0.39, 0.29) is 5.91 Å². The van der Waals surface area contributed by atoms with Gasteiger partial charge in [-0.1, -0.05) is 32.1 Å². The van der Waals surface area contributed by atoms with Crippen LogP contribution in [0.1, 0.15) is 67.5 Å². The van der Waals surface area contributed by atoms with Gasteiger partial charge in [0.1, 0.15) is 0 Å². The third-order valence-corrected chi connectivity index (χ3v) is 5.94. The first-order valence-electron chi connectivity index (χ1n) is 9.71. The molecule has 1 aliphatic heterocycles. The Morgan fingerprint density at radius 2 is 1.85 bits per heavy atom. The lowest BCUT2D eigenvalue weighted by Crippen LogP contribution is -2.25. The summed E-state index contributed by atoms with van der Waals surface area (Å²) < 4.78 is 2.15. The van der Waals surface area contributed by atoms with Crippen LogP contribution in [0.2, 0.25) is 0 Å². The van der Waals surface area contributed by atoms with Gasteiger partial charge in [-0.3, -0.25) is 4.79 Å². The van der Waals surface area contributed by atoms with E-state index in [1.807, 2.05) is 30.1 Å². The lowest BCUT2D eigenvalue weighted by atomic mass is 10.1. The van der Waals surface area contributed by atoms with Gasteiger partial charge in [0.25, 0.3) is 0 Å². The Morgan fingerprint density at radius 1 is 1.04 bits per heavy atom. The number of hydrogen-bond donors (Lipinski definition) is 1. The molecule has 1 amide bonds. The first-order valence-corrected chi connectivity index (χ1v) is 10.5. The molecule has 140 valence electrons. The second-order valence-electron chi connectivity index (χ2n) is 6.88. The van der Waals surface area contributed by atoms with Crippen LogP contribution in [0, 0.1) is 0 Å². The summed E-state index contributed by atoms with van der Waals surface area (Å²) in [6, 6.07) is 4.37. The molecular formula is C20H28N4OS. The van der Waals surface area contributed by atoms with Gasteiger partial charge in [0.2, 0.25) is 5.91 Å². The molecule has 0 aromatic carbocycles. The van der Waals surface area contributed by atoms with Crippen molar-refractivity contribution in [3.05, 3.63) is 40.6 Å². The van der Waals surface area contributed by atoms with Gasteiger partial charge in [-0.25, -0.2) is 10.4 Å². The highest BCUT2D eigenvalue weighted by Crippen LogP contribution is 2.22. The van der Waals surface area contributed by atoms with Gasteiger partial charge in [-0.05, 0) is 31.4 Å². The van der Waals surface area contributed by atoms with Crippen LogP contribution in [0.3, 0.4) is 0 Å². The van der Waals surface area contributed by atoms with Gasteiger partial charge in [-0.15, -0.1) is 11.3 Å². The molecule has 0 spiro atoms. The van der Waals surface area contributed by atoms with Crippen LogP contribution < -0.4 is 5.43 Å². The number of rotatable bonds is 11. The third kappa shape index (κ3) is 6.09. The fourth-order valence-corrected chi connectivity index (χ4v) is 4.28. The summed E-state index contributed by atoms with van der Waals surface area (Å²) in [4.78, 5) is 17.9. The van der Waals surface area contributed by atoms with Crippen LogP contribution in [0.4, 0.5) is 0 Å². The van der Waals surface area contributed by atoms with E-state index in [2.05, 4.69) is 32.2 Å². The zero-order chi connectivity index (χ0) is 18.0. The van der Waals surface area contributed by atoms with E-state index in [4.69, 9.17) is 0 Å². The lowest BCUT2D eigenvalue weighted by molar-refractivity contribution is -0.121. The highest BCUT2D eigenvalue weighted by molar-refractivity contribution is 7.14. The number of imidazole rings is 1. The standard InChI is InChI=1S/C20H28N4OS/c25-20-12-10-18(22-23-20)19-11-9-17(26-19)8-6-4-2-1-3-5-7-14-24-15-13-21-16-24/h9,11,13,15-16H,1-8,10,12,14H2,(H,23,25). The quantitative estimate of drug-likeness (QED) is 0.589. The Kier molecular flexibility index (Phi) is 7.43. The number of unbranched alkanes of at least 4 members (excludes halogenated alkanes) is 6. The topological polar surface area (TPSA) is 59.3 Å². The fraction of sp³-hybridized carbons (Fsp3) is 0.550. The molecule has 0 atom stereocenters. The number of thiophene rings is 1. The smallest absolute Gasteiger partial charge is 0.240 e. The number of nitrogens with zero attached hydrogens (tertiary/aromatic N) is 3. The van der Waals surface area contributed by atoms with Gasteiger partial charge in [0.15, 0.2) is 0 Å². The van der Waals surface area contributed by atoms with Crippen molar-refractivity contribution in [1.82, 2.24) is 15.0 Å². The molecule has 0 saturated carbocycles. The van der Waals surface area contributed by atoms with Crippen molar-refractivity contribution in [2.24, 2.45) is 5.10 Å². The summed E-state index contributed by atoms with van der Waals surface area (Å²) >= 11 is 1.82. The van der Waals surface area contributed by atoms with Gasteiger partial charge in [-0.2, -0.15) is 5.10 Å². The molecule has 5 nitrogen and oxygen atoms in total. The van der Waals surface area contributed by atoms with Crippen molar-refractivity contribution < 1.29 is 4.79 Å². The average molecular weight is 373 g/mol. The van der Waals surface area contributed by atoms with E-state index in [9.17, 15) is 4.79 Å². The molecule has 0 bridgehead atoms. The Bertz CT molecular complexity index is 705. The normalized spacial score (nSPS) is 14.3. The molecule has 1 N–H and O–H groups in total. The van der Waals surface area contributed by atoms with E-state index in [0.29, 0.717) is 6.42 Å². The SMILES string of the molecule is O=C1CCC(c2ccc(CCCCCCCCCn3ccnc3)s2)=NN1. The first-order chi connectivity index (χ1) is 12.8. The predicted octanol–water partition coefficient (Wildman–Crippen LogP) is 4.53. The van der Waals surface area contributed by atoms with Gasteiger partial charge < -0.3 is 4.57 Å². The first kappa shape index (κ1) is 18.8. The summed E-state index contributed by atoms with van der Waals surface area (Å²) in [5.74, 6) is 0.0206. The molecular weight excluding hydrogens is 344 g/mol. The molecule has 0 fully saturated rings. The Labute approximate surface area is 159 Å². The molecule has 2 aromatic rings. The molecule has 26 heavy (non-hydrogen) atoms. The highest BCUT2D eigenvalue weighted by Gasteiger charge is 2.14. The second kappa shape index (κ2) is 10.3. The number of aryl methyl sites for hydroxylation is 2. The average Bonchev–Trinajstić information content (AvgIpc) is 3.33. The Balaban J connectivity index is 1.22. The van der Waals surface area contributed by atoms with E-state index in [1.54, 1.807) is 0 Å². The minimum atomic E-state index is 0.0206. The van der Waals surface area contributed by atoms with Crippen LogP contribution in [-0.2, 0) is 17.8 Å². The van der Waals surface area contributed by atoms with E-state index in [0.717, 1.165) is 25.1 Å². The summed E-state index contributed by atoms with van der Waals surface area (Å²) in [7, 11) is 0. The maximum Gasteiger partial charge on any atom is 0.240 e. The zero-order valence-corrected chi connectivity index (χ0v) is 16.1. The van der Waals surface area contributed by atoms with Crippen molar-refractivity contribution in [1.29, 1.82) is 0 Å². The number of carbonyl (C=O) groups excluding carboxylic acids is 1. The number of amides is 1. The van der Waals surface area contributed by atoms with E-state index in [1.165, 1.54) is 54.7 Å². The number of hydrazone groups is 1. The molecule has 0 saturated heterocycles. The van der Waals surface area contributed by atoms with Gasteiger partial charge in [0, 0.05) is 36.7 Å². The molecule has 3 rings (SSSR count). The maximum absolute atomic E-state index is 11.2. The summed E-state index contributed by atoms with van der Waals surface area (Å²) in [5, 5.41) is 4.18. The van der Waals surface area contributed by atoms with Crippen molar-refractivity contribution >= 4 is 23.0 Å². The summed E-state index contributed by atoms with van der Waals surface area (Å²) in [5.41, 5.74) is 3.60. The number of aromatic nitrogens is 2. The van der Waals surface area contributed by atoms with Crippen molar-refractivity contribution in [3.8, 4) is 0 Å². The van der Waals surface area contributed by atoms with Crippen LogP contribution in [0.5, 0.6) is 0 Å². The molecule has 0 unspecified atom stereocenters. The van der Waals surface area contributed by atoms with Crippen LogP contribution in [0.15, 0.2) is 36.0 Å². The molecule has 2 aromatic heterocycles. The van der Waals surface area contributed by atoms with E-state index >= 15 is 0 Å². The Morgan fingerprint density at radius 3 is 2.58 bits per heavy atom. The van der Waals surface area contributed by atoms with E-state index < -0.39 is 0 Å². The molecule has 6 heteroatoms. The van der Waals surface area contributed by atoms with Crippen LogP contribution in [0.25, 0.3) is 0 Å². The third-order valence-electron chi connectivity index (χ3n) is 4.75. The minimum absolute atomic E-state index is 0.0206. The molecule has 0 radical (unpaired) electrons. The largest absolute Gasteiger partial charge is 0.337 e. The van der Waals surface area contributed by atoms with Crippen LogP contribution >= 0.6 is 11.3 Å². The second-order valence-corrected chi connectivity index (χ2v) is 8.05. The molecule has 3 heterocycles. The lowest BCUT2D eigenvalue weighted by Gasteiger charge is -2.09. The van der Waals surface area contributed by atoms with Crippen LogP contribution in [-0.4, -0.2) is 21.2 Å². The predicted molar refractivity (Wildman–Crippen MR) is 106 cm³/mol. The number of hydrogen-bond acceptors (Lipinski definition) is 4. The zero-order valence-electron chi connectivity index (χ0n) is 15.3. The van der Waals surface area contributed by atoms with Crippen molar-refractivity contribution in [3.63, 3.8) is 0 Å². The Hall–Kier alpha value is -1.95. The van der Waals surface area contributed by atoms with Gasteiger partial charge in [0.05, 0.1) is 16.9 Å². The minimum Gasteiger partial charge on any atom is -0.337 e. The highest BCUT2D eigenvalue weighted by atomic mass is 32.1. The monoisotopic (exact) mass is 372 g/mol. The van der Waals surface area contributed by atoms with Crippen molar-refractivity contribution in [2.45, 2.75) is 70.8 Å². The summed E-state index contributed by atoms with van der Waals surface area (Å²) in [6.07, 6.45) is 17.4. The molecule has 1 aliphatic rings. The molecule has 0 aliphatic carbocycles. The number of nitrogens with one attached hydrogen (secondary N) is 1. The van der Waals surface area contributed by atoms with Gasteiger partial charge >= 0.3 is 0 Å². The fourth-order valence-electron chi connectivity index (χ4n) is 3.22.